The van der Waals surface area contributed by atoms with E-state index < -0.39 is 18.2 Å². The number of carbonyl (C=O) groups excluding carboxylic acids is 2. The molecule has 0 heterocycles. The minimum Gasteiger partial charge on any atom is -0.422 e. The predicted molar refractivity (Wildman–Crippen MR) is 143 cm³/mol. The van der Waals surface area contributed by atoms with E-state index in [2.05, 4.69) is 66.7 Å². The van der Waals surface area contributed by atoms with Gasteiger partial charge in [-0.05, 0) is 99.8 Å². The lowest BCUT2D eigenvalue weighted by atomic mass is 10.0. The zero-order chi connectivity index (χ0) is 26.1. The summed E-state index contributed by atoms with van der Waals surface area (Å²) >= 11 is 0. The average Bonchev–Trinajstić information content (AvgIpc) is 2.66. The zero-order valence-electron chi connectivity index (χ0n) is 23.1. The molecule has 0 N–H and O–H groups in total. The van der Waals surface area contributed by atoms with Crippen LogP contribution in [0.3, 0.4) is 0 Å². The van der Waals surface area contributed by atoms with Gasteiger partial charge in [0.25, 0.3) is 0 Å². The quantitative estimate of drug-likeness (QED) is 0.104. The first kappa shape index (κ1) is 31.6. The molecule has 34 heavy (non-hydrogen) atoms. The van der Waals surface area contributed by atoms with Gasteiger partial charge in [-0.2, -0.15) is 0 Å². The highest BCUT2D eigenvalue weighted by molar-refractivity contribution is 5.84. The molecule has 192 valence electrons. The van der Waals surface area contributed by atoms with Gasteiger partial charge in [0.05, 0.1) is 0 Å². The molecule has 0 aliphatic rings. The second-order valence-electron chi connectivity index (χ2n) is 10.1. The number of esters is 2. The van der Waals surface area contributed by atoms with Gasteiger partial charge < -0.3 is 9.47 Å². The first-order valence-corrected chi connectivity index (χ1v) is 12.5. The Morgan fingerprint density at radius 1 is 0.647 bits per heavy atom. The third-order valence-corrected chi connectivity index (χ3v) is 5.21. The fraction of sp³-hybridized carbons (Fsp3) is 0.600. The van der Waals surface area contributed by atoms with Crippen molar-refractivity contribution in [3.63, 3.8) is 0 Å². The number of hydrogen-bond acceptors (Lipinski definition) is 4. The van der Waals surface area contributed by atoms with Crippen molar-refractivity contribution in [1.82, 2.24) is 0 Å². The number of allylic oxidation sites excluding steroid dienone is 8. The van der Waals surface area contributed by atoms with E-state index in [0.29, 0.717) is 6.42 Å². The van der Waals surface area contributed by atoms with E-state index in [-0.39, 0.29) is 5.92 Å². The molecule has 0 aromatic carbocycles. The van der Waals surface area contributed by atoms with E-state index in [9.17, 15) is 9.59 Å². The predicted octanol–water partition coefficient (Wildman–Crippen LogP) is 8.56. The molecule has 0 fully saturated rings. The highest BCUT2D eigenvalue weighted by atomic mass is 16.7. The summed E-state index contributed by atoms with van der Waals surface area (Å²) in [7, 11) is 0. The largest absolute Gasteiger partial charge is 0.422 e. The van der Waals surface area contributed by atoms with Crippen molar-refractivity contribution in [3.05, 3.63) is 58.2 Å². The molecule has 0 rings (SSSR count). The van der Waals surface area contributed by atoms with Crippen LogP contribution in [-0.2, 0) is 19.1 Å². The summed E-state index contributed by atoms with van der Waals surface area (Å²) in [6.45, 7) is 18.3. The molecule has 1 atom stereocenters. The van der Waals surface area contributed by atoms with Crippen LogP contribution >= 0.6 is 0 Å². The smallest absolute Gasteiger partial charge is 0.333 e. The maximum Gasteiger partial charge on any atom is 0.333 e. The van der Waals surface area contributed by atoms with Gasteiger partial charge in [0.15, 0.2) is 0 Å². The van der Waals surface area contributed by atoms with Crippen LogP contribution in [0, 0.1) is 5.92 Å². The summed E-state index contributed by atoms with van der Waals surface area (Å²) in [5.74, 6) is -0.687. The van der Waals surface area contributed by atoms with Crippen molar-refractivity contribution in [2.24, 2.45) is 5.92 Å². The van der Waals surface area contributed by atoms with E-state index in [1.165, 1.54) is 28.9 Å². The van der Waals surface area contributed by atoms with Gasteiger partial charge in [0.1, 0.15) is 0 Å². The van der Waals surface area contributed by atoms with Gasteiger partial charge in [0, 0.05) is 18.6 Å². The number of hydrogen-bond donors (Lipinski definition) is 0. The normalized spacial score (nSPS) is 13.4. The Morgan fingerprint density at radius 2 is 1.03 bits per heavy atom. The first-order valence-electron chi connectivity index (χ1n) is 12.5. The molecule has 4 heteroatoms. The van der Waals surface area contributed by atoms with Crippen molar-refractivity contribution in [2.45, 2.75) is 114 Å². The fourth-order valence-electron chi connectivity index (χ4n) is 3.27. The van der Waals surface area contributed by atoms with Crippen LogP contribution < -0.4 is 0 Å². The van der Waals surface area contributed by atoms with Crippen molar-refractivity contribution >= 4 is 11.9 Å². The Balaban J connectivity index is 5.17. The van der Waals surface area contributed by atoms with Gasteiger partial charge >= 0.3 is 11.9 Å². The molecule has 0 aliphatic carbocycles. The highest BCUT2D eigenvalue weighted by Crippen LogP contribution is 2.18. The average molecular weight is 473 g/mol. The van der Waals surface area contributed by atoms with Crippen LogP contribution in [0.4, 0.5) is 0 Å². The standard InChI is InChI=1S/C30H48O4/c1-22(2)13-10-16-25(7)19-28(31)33-30(21-27(9)18-12-15-24(5)6)34-29(32)20-26(8)17-11-14-23(3)4/h13-15,19-20,27,30H,10-12,16-18,21H2,1-9H3/b25-19+,26-20+/t27-/m1/s1. The summed E-state index contributed by atoms with van der Waals surface area (Å²) in [6.07, 6.45) is 14.3. The van der Waals surface area contributed by atoms with Gasteiger partial charge in [-0.3, -0.25) is 0 Å². The molecular weight excluding hydrogens is 424 g/mol. The SMILES string of the molecule is CC(C)=CCC/C(C)=C/C(=O)OC(C[C@H](C)CCC=C(C)C)OC(=O)/C=C(\C)CCC=C(C)C. The van der Waals surface area contributed by atoms with E-state index in [1.807, 2.05) is 13.8 Å². The van der Waals surface area contributed by atoms with Crippen molar-refractivity contribution in [2.75, 3.05) is 0 Å². The lowest BCUT2D eigenvalue weighted by molar-refractivity contribution is -0.183. The molecule has 0 spiro atoms. The summed E-state index contributed by atoms with van der Waals surface area (Å²) in [6, 6.07) is 0. The monoisotopic (exact) mass is 472 g/mol. The fourth-order valence-corrected chi connectivity index (χ4v) is 3.27. The molecule has 0 aliphatic heterocycles. The Kier molecular flexibility index (Phi) is 16.8. The molecule has 0 saturated heterocycles. The van der Waals surface area contributed by atoms with Crippen LogP contribution in [0.2, 0.25) is 0 Å². The maximum absolute atomic E-state index is 12.5. The summed E-state index contributed by atoms with van der Waals surface area (Å²) < 4.78 is 11.2. The van der Waals surface area contributed by atoms with E-state index in [1.54, 1.807) is 0 Å². The number of rotatable bonds is 15. The van der Waals surface area contributed by atoms with Gasteiger partial charge in [0.2, 0.25) is 6.29 Å². The lowest BCUT2D eigenvalue weighted by Crippen LogP contribution is -2.25. The molecule has 0 radical (unpaired) electrons. The third-order valence-electron chi connectivity index (χ3n) is 5.21. The third kappa shape index (κ3) is 19.1. The molecule has 4 nitrogen and oxygen atoms in total. The lowest BCUT2D eigenvalue weighted by Gasteiger charge is -2.20. The van der Waals surface area contributed by atoms with E-state index in [0.717, 1.165) is 49.7 Å². The second-order valence-corrected chi connectivity index (χ2v) is 10.1. The van der Waals surface area contributed by atoms with Gasteiger partial charge in [-0.1, -0.05) is 53.0 Å². The molecular formula is C30H48O4. The minimum atomic E-state index is -0.898. The van der Waals surface area contributed by atoms with Gasteiger partial charge in [-0.15, -0.1) is 0 Å². The minimum absolute atomic E-state index is 0.242. The number of carbonyl (C=O) groups is 2. The summed E-state index contributed by atoms with van der Waals surface area (Å²) in [5, 5.41) is 0. The van der Waals surface area contributed by atoms with Crippen LogP contribution in [0.5, 0.6) is 0 Å². The van der Waals surface area contributed by atoms with Crippen LogP contribution in [0.15, 0.2) is 58.2 Å². The second kappa shape index (κ2) is 18.0. The Bertz CT molecular complexity index is 729. The summed E-state index contributed by atoms with van der Waals surface area (Å²) in [5.41, 5.74) is 5.68. The highest BCUT2D eigenvalue weighted by Gasteiger charge is 2.20. The Morgan fingerprint density at radius 3 is 1.41 bits per heavy atom. The van der Waals surface area contributed by atoms with Crippen LogP contribution in [-0.4, -0.2) is 18.2 Å². The Hall–Kier alpha value is -2.36. The summed E-state index contributed by atoms with van der Waals surface area (Å²) in [4.78, 5) is 25.0. The molecule has 0 unspecified atom stereocenters. The maximum atomic E-state index is 12.5. The molecule has 0 saturated carbocycles. The zero-order valence-corrected chi connectivity index (χ0v) is 23.1. The van der Waals surface area contributed by atoms with Crippen LogP contribution in [0.25, 0.3) is 0 Å². The molecule has 0 amide bonds. The van der Waals surface area contributed by atoms with E-state index >= 15 is 0 Å². The molecule has 0 bridgehead atoms. The Labute approximate surface area is 208 Å². The van der Waals surface area contributed by atoms with Crippen molar-refractivity contribution < 1.29 is 19.1 Å². The number of ether oxygens (including phenoxy) is 2. The van der Waals surface area contributed by atoms with Crippen LogP contribution in [0.1, 0.15) is 107 Å². The van der Waals surface area contributed by atoms with Gasteiger partial charge in [-0.25, -0.2) is 9.59 Å². The van der Waals surface area contributed by atoms with E-state index in [4.69, 9.17) is 9.47 Å². The molecule has 0 aromatic heterocycles. The van der Waals surface area contributed by atoms with Crippen molar-refractivity contribution in [3.8, 4) is 0 Å². The van der Waals surface area contributed by atoms with Crippen molar-refractivity contribution in [1.29, 1.82) is 0 Å². The first-order chi connectivity index (χ1) is 15.9. The molecule has 0 aromatic rings. The topological polar surface area (TPSA) is 52.6 Å².